The molecule has 1 atom stereocenters. The van der Waals surface area contributed by atoms with E-state index in [2.05, 4.69) is 9.97 Å². The zero-order valence-electron chi connectivity index (χ0n) is 15.6. The third-order valence-electron chi connectivity index (χ3n) is 4.49. The smallest absolute Gasteiger partial charge is 0.274 e. The highest BCUT2D eigenvalue weighted by molar-refractivity contribution is 7.91. The predicted octanol–water partition coefficient (Wildman–Crippen LogP) is 2.20. The molecular weight excluding hydrogens is 458 g/mol. The Balaban J connectivity index is 1.99. The van der Waals surface area contributed by atoms with Gasteiger partial charge in [-0.1, -0.05) is 24.6 Å². The first-order valence-corrected chi connectivity index (χ1v) is 13.6. The molecule has 0 spiro atoms. The molecule has 3 rings (SSSR count). The third-order valence-corrected chi connectivity index (χ3v) is 9.08. The number of carbonyl (C=O) groups is 1. The normalized spacial score (nSPS) is 18.6. The molecular formula is C17H20ClN3O5S3. The lowest BCUT2D eigenvalue weighted by atomic mass is 10.2. The van der Waals surface area contributed by atoms with Crippen LogP contribution in [-0.2, 0) is 26.2 Å². The number of rotatable bonds is 7. The number of thiophene rings is 1. The van der Waals surface area contributed by atoms with Gasteiger partial charge in [-0.3, -0.25) is 4.79 Å². The van der Waals surface area contributed by atoms with Gasteiger partial charge < -0.3 is 4.90 Å². The van der Waals surface area contributed by atoms with Crippen molar-refractivity contribution in [2.45, 2.75) is 37.5 Å². The molecule has 158 valence electrons. The van der Waals surface area contributed by atoms with Gasteiger partial charge in [0.15, 0.2) is 15.5 Å². The van der Waals surface area contributed by atoms with Gasteiger partial charge in [0.2, 0.25) is 15.0 Å². The van der Waals surface area contributed by atoms with E-state index in [1.54, 1.807) is 6.92 Å². The standard InChI is InChI=1S/C17H20ClN3O5S3/c1-2-7-29(25,26)17-19-9-14(18)15(20-17)16(22)21(10-13-4-3-6-27-13)12-5-8-28(23,24)11-12/h3-4,6,9,12H,2,5,7-8,10-11H2,1H3/t12-/m0/s1. The molecule has 0 unspecified atom stereocenters. The lowest BCUT2D eigenvalue weighted by molar-refractivity contribution is 0.0676. The number of hydrogen-bond donors (Lipinski definition) is 0. The number of amides is 1. The summed E-state index contributed by atoms with van der Waals surface area (Å²) in [7, 11) is -6.98. The van der Waals surface area contributed by atoms with Crippen LogP contribution in [0.25, 0.3) is 0 Å². The van der Waals surface area contributed by atoms with Gasteiger partial charge >= 0.3 is 0 Å². The molecule has 0 N–H and O–H groups in total. The van der Waals surface area contributed by atoms with Crippen molar-refractivity contribution < 1.29 is 21.6 Å². The molecule has 3 heterocycles. The van der Waals surface area contributed by atoms with Gasteiger partial charge in [0.25, 0.3) is 5.91 Å². The van der Waals surface area contributed by atoms with Gasteiger partial charge in [0.1, 0.15) is 0 Å². The van der Waals surface area contributed by atoms with E-state index in [0.29, 0.717) is 12.8 Å². The quantitative estimate of drug-likeness (QED) is 0.561. The Labute approximate surface area is 178 Å². The minimum Gasteiger partial charge on any atom is -0.328 e. The summed E-state index contributed by atoms with van der Waals surface area (Å²) in [5, 5.41) is 1.32. The molecule has 2 aromatic heterocycles. The van der Waals surface area contributed by atoms with Crippen LogP contribution in [0.3, 0.4) is 0 Å². The Morgan fingerprint density at radius 1 is 1.41 bits per heavy atom. The number of sulfone groups is 2. The number of carbonyl (C=O) groups excluding carboxylic acids is 1. The van der Waals surface area contributed by atoms with Crippen LogP contribution < -0.4 is 0 Å². The first-order valence-electron chi connectivity index (χ1n) is 8.92. The average Bonchev–Trinajstić information content (AvgIpc) is 3.28. The van der Waals surface area contributed by atoms with E-state index in [4.69, 9.17) is 11.6 Å². The first-order chi connectivity index (χ1) is 13.6. The van der Waals surface area contributed by atoms with Crippen molar-refractivity contribution in [1.82, 2.24) is 14.9 Å². The largest absolute Gasteiger partial charge is 0.328 e. The molecule has 0 aromatic carbocycles. The van der Waals surface area contributed by atoms with Crippen LogP contribution in [0.2, 0.25) is 5.02 Å². The van der Waals surface area contributed by atoms with Gasteiger partial charge in [0.05, 0.1) is 35.0 Å². The van der Waals surface area contributed by atoms with E-state index in [-0.39, 0.29) is 34.5 Å². The fraction of sp³-hybridized carbons (Fsp3) is 0.471. The molecule has 1 aliphatic rings. The lowest BCUT2D eigenvalue weighted by Crippen LogP contribution is -2.41. The maximum Gasteiger partial charge on any atom is 0.274 e. The number of aromatic nitrogens is 2. The maximum absolute atomic E-state index is 13.3. The number of hydrogen-bond acceptors (Lipinski definition) is 8. The first kappa shape index (κ1) is 22.1. The van der Waals surface area contributed by atoms with Crippen LogP contribution in [0.15, 0.2) is 28.9 Å². The van der Waals surface area contributed by atoms with Gasteiger partial charge in [-0.2, -0.15) is 0 Å². The van der Waals surface area contributed by atoms with Crippen molar-refractivity contribution in [1.29, 1.82) is 0 Å². The Morgan fingerprint density at radius 2 is 2.17 bits per heavy atom. The van der Waals surface area contributed by atoms with Crippen LogP contribution in [0.1, 0.15) is 35.1 Å². The summed E-state index contributed by atoms with van der Waals surface area (Å²) in [6.07, 6.45) is 1.78. The molecule has 0 radical (unpaired) electrons. The monoisotopic (exact) mass is 477 g/mol. The van der Waals surface area contributed by atoms with Crippen molar-refractivity contribution in [3.05, 3.63) is 39.3 Å². The zero-order valence-corrected chi connectivity index (χ0v) is 18.8. The summed E-state index contributed by atoms with van der Waals surface area (Å²) < 4.78 is 48.6. The van der Waals surface area contributed by atoms with Crippen LogP contribution in [-0.4, -0.2) is 60.9 Å². The summed E-state index contributed by atoms with van der Waals surface area (Å²) in [5.41, 5.74) is -0.239. The fourth-order valence-electron chi connectivity index (χ4n) is 3.11. The van der Waals surface area contributed by atoms with Crippen LogP contribution in [0.5, 0.6) is 0 Å². The summed E-state index contributed by atoms with van der Waals surface area (Å²) in [5.74, 6) is -0.907. The molecule has 0 saturated carbocycles. The molecule has 1 aliphatic heterocycles. The molecule has 8 nitrogen and oxygen atoms in total. The van der Waals surface area contributed by atoms with E-state index < -0.39 is 36.8 Å². The number of halogens is 1. The summed E-state index contributed by atoms with van der Waals surface area (Å²) in [4.78, 5) is 23.3. The second-order valence-electron chi connectivity index (χ2n) is 6.74. The second kappa shape index (κ2) is 8.66. The molecule has 12 heteroatoms. The van der Waals surface area contributed by atoms with Crippen molar-refractivity contribution >= 4 is 48.5 Å². The third kappa shape index (κ3) is 5.14. The van der Waals surface area contributed by atoms with Crippen LogP contribution >= 0.6 is 22.9 Å². The Hall–Kier alpha value is -1.56. The molecule has 29 heavy (non-hydrogen) atoms. The number of nitrogens with zero attached hydrogens (tertiary/aromatic N) is 3. The summed E-state index contributed by atoms with van der Waals surface area (Å²) in [6, 6.07) is 3.14. The minimum atomic E-state index is -3.74. The molecule has 1 fully saturated rings. The highest BCUT2D eigenvalue weighted by Crippen LogP contribution is 2.26. The Morgan fingerprint density at radius 3 is 2.76 bits per heavy atom. The van der Waals surface area contributed by atoms with E-state index in [1.807, 2.05) is 17.5 Å². The van der Waals surface area contributed by atoms with Gasteiger partial charge in [-0.05, 0) is 24.3 Å². The predicted molar refractivity (Wildman–Crippen MR) is 111 cm³/mol. The molecule has 1 saturated heterocycles. The highest BCUT2D eigenvalue weighted by Gasteiger charge is 2.36. The van der Waals surface area contributed by atoms with Gasteiger partial charge in [-0.15, -0.1) is 11.3 Å². The van der Waals surface area contributed by atoms with E-state index in [9.17, 15) is 21.6 Å². The van der Waals surface area contributed by atoms with Gasteiger partial charge in [0, 0.05) is 10.9 Å². The van der Waals surface area contributed by atoms with Crippen molar-refractivity contribution in [2.24, 2.45) is 0 Å². The second-order valence-corrected chi connectivity index (χ2v) is 12.4. The Kier molecular flexibility index (Phi) is 6.61. The van der Waals surface area contributed by atoms with Crippen molar-refractivity contribution in [3.8, 4) is 0 Å². The topological polar surface area (TPSA) is 114 Å². The lowest BCUT2D eigenvalue weighted by Gasteiger charge is -2.28. The zero-order chi connectivity index (χ0) is 21.2. The van der Waals surface area contributed by atoms with Crippen molar-refractivity contribution in [3.63, 3.8) is 0 Å². The van der Waals surface area contributed by atoms with Crippen LogP contribution in [0.4, 0.5) is 0 Å². The summed E-state index contributed by atoms with van der Waals surface area (Å²) >= 11 is 7.56. The maximum atomic E-state index is 13.3. The highest BCUT2D eigenvalue weighted by atomic mass is 35.5. The minimum absolute atomic E-state index is 0.000474. The average molecular weight is 478 g/mol. The molecule has 2 aromatic rings. The molecule has 1 amide bonds. The summed E-state index contributed by atoms with van der Waals surface area (Å²) in [6.45, 7) is 1.90. The van der Waals surface area contributed by atoms with E-state index >= 15 is 0 Å². The molecule has 0 aliphatic carbocycles. The van der Waals surface area contributed by atoms with E-state index in [0.717, 1.165) is 11.1 Å². The van der Waals surface area contributed by atoms with Gasteiger partial charge in [-0.25, -0.2) is 26.8 Å². The fourth-order valence-corrected chi connectivity index (χ4v) is 6.87. The van der Waals surface area contributed by atoms with Crippen molar-refractivity contribution in [2.75, 3.05) is 17.3 Å². The Bertz CT molecular complexity index is 1100. The van der Waals surface area contributed by atoms with E-state index in [1.165, 1.54) is 16.2 Å². The van der Waals surface area contributed by atoms with Crippen LogP contribution in [0, 0.1) is 0 Å². The SMILES string of the molecule is CCCS(=O)(=O)c1ncc(Cl)c(C(=O)N(Cc2cccs2)[C@H]2CCS(=O)(=O)C2)n1. The molecule has 0 bridgehead atoms.